The van der Waals surface area contributed by atoms with Gasteiger partial charge in [0.25, 0.3) is 0 Å². The third-order valence-corrected chi connectivity index (χ3v) is 9.63. The zero-order valence-corrected chi connectivity index (χ0v) is 43.5. The fourth-order valence-corrected chi connectivity index (χ4v) is 6.03. The molecular weight excluding hydrogens is 883 g/mol. The molecule has 394 valence electrons. The van der Waals surface area contributed by atoms with Crippen molar-refractivity contribution in [3.05, 3.63) is 0 Å². The molecule has 0 aliphatic heterocycles. The van der Waals surface area contributed by atoms with Gasteiger partial charge in [0, 0.05) is 19.5 Å². The van der Waals surface area contributed by atoms with Crippen molar-refractivity contribution >= 4 is 47.6 Å². The number of nitrogens with zero attached hydrogens (tertiary/aromatic N) is 2. The van der Waals surface area contributed by atoms with E-state index in [1.807, 2.05) is 83.1 Å². The monoisotopic (exact) mass is 972 g/mol. The van der Waals surface area contributed by atoms with E-state index in [9.17, 15) is 38.4 Å². The summed E-state index contributed by atoms with van der Waals surface area (Å²) in [6.45, 7) is 23.0. The molecule has 0 heterocycles. The van der Waals surface area contributed by atoms with Crippen LogP contribution in [-0.2, 0) is 66.8 Å². The zero-order valence-electron chi connectivity index (χ0n) is 43.5. The van der Waals surface area contributed by atoms with E-state index in [4.69, 9.17) is 34.2 Å². The van der Waals surface area contributed by atoms with Gasteiger partial charge in [0.1, 0.15) is 12.1 Å². The summed E-state index contributed by atoms with van der Waals surface area (Å²) in [5.74, 6) is -3.79. The first kappa shape index (κ1) is 63.6. The molecule has 19 nitrogen and oxygen atoms in total. The van der Waals surface area contributed by atoms with E-state index < -0.39 is 59.8 Å². The molecule has 3 atom stereocenters. The Morgan fingerprint density at radius 2 is 0.706 bits per heavy atom. The molecule has 0 fully saturated rings. The number of nitrogens with one attached hydrogen (secondary N) is 2. The molecule has 0 aromatic carbocycles. The van der Waals surface area contributed by atoms with Crippen LogP contribution < -0.4 is 16.4 Å². The van der Waals surface area contributed by atoms with E-state index in [0.29, 0.717) is 25.7 Å². The predicted molar refractivity (Wildman–Crippen MR) is 256 cm³/mol. The lowest BCUT2D eigenvalue weighted by Gasteiger charge is -2.29. The van der Waals surface area contributed by atoms with Crippen molar-refractivity contribution in [3.63, 3.8) is 0 Å². The largest absolute Gasteiger partial charge is 0.464 e. The highest BCUT2D eigenvalue weighted by Crippen LogP contribution is 2.16. The minimum absolute atomic E-state index is 0.0152. The lowest BCUT2D eigenvalue weighted by atomic mass is 10.1. The molecule has 0 aliphatic carbocycles. The van der Waals surface area contributed by atoms with Crippen LogP contribution >= 0.6 is 0 Å². The van der Waals surface area contributed by atoms with Crippen molar-refractivity contribution < 1.29 is 66.8 Å². The minimum Gasteiger partial charge on any atom is -0.464 e. The number of esters is 6. The predicted octanol–water partition coefficient (Wildman–Crippen LogP) is 4.20. The van der Waals surface area contributed by atoms with Crippen LogP contribution in [0.25, 0.3) is 0 Å². The second-order valence-electron chi connectivity index (χ2n) is 20.0. The standard InChI is InChI=1S/C49H89N5O14/c1-33(2)27-63-43(56)23-53(24-44(57)64-28-34(3)4)40(48(61)67-31-37(9)10)17-13-15-21-51-42(55)20-19-39(50)47(60)52-22-16-14-18-41(49(62)68-32-38(11)12)54(25-45(58)65-29-35(5)6)26-46(59)66-30-36(7)8/h33-41H,13-32,50H2,1-12H3,(H,51,55)(H,52,60). The molecule has 2 amide bonds. The SMILES string of the molecule is CC(C)COC(=O)CN(CC(=O)OCC(C)C)C(CCCCNC(=O)CCC(N)C(=O)NCCCCC(C(=O)OCC(C)C)N(CC(=O)OCC(C)C)CC(=O)OCC(C)C)C(=O)OCC(C)C. The highest BCUT2D eigenvalue weighted by molar-refractivity contribution is 5.83. The smallest absolute Gasteiger partial charge is 0.323 e. The van der Waals surface area contributed by atoms with Gasteiger partial charge in [0.05, 0.1) is 71.9 Å². The van der Waals surface area contributed by atoms with Gasteiger partial charge in [-0.3, -0.25) is 48.2 Å². The molecule has 3 unspecified atom stereocenters. The van der Waals surface area contributed by atoms with Crippen LogP contribution in [0.5, 0.6) is 0 Å². The number of unbranched alkanes of at least 4 members (excludes halogenated alkanes) is 2. The fourth-order valence-electron chi connectivity index (χ4n) is 6.03. The molecule has 0 aliphatic rings. The molecule has 0 saturated heterocycles. The lowest BCUT2D eigenvalue weighted by molar-refractivity contribution is -0.160. The maximum atomic E-state index is 13.4. The number of hydrogen-bond acceptors (Lipinski definition) is 17. The van der Waals surface area contributed by atoms with Gasteiger partial charge in [-0.25, -0.2) is 0 Å². The summed E-state index contributed by atoms with van der Waals surface area (Å²) in [6, 6.07) is -2.87. The van der Waals surface area contributed by atoms with Gasteiger partial charge in [-0.15, -0.1) is 0 Å². The van der Waals surface area contributed by atoms with Gasteiger partial charge < -0.3 is 44.8 Å². The Bertz CT molecular complexity index is 1450. The van der Waals surface area contributed by atoms with Crippen molar-refractivity contribution in [2.24, 2.45) is 41.2 Å². The van der Waals surface area contributed by atoms with Crippen molar-refractivity contribution in [3.8, 4) is 0 Å². The van der Waals surface area contributed by atoms with Crippen molar-refractivity contribution in [2.45, 2.75) is 153 Å². The summed E-state index contributed by atoms with van der Waals surface area (Å²) < 4.78 is 32.6. The van der Waals surface area contributed by atoms with Gasteiger partial charge in [0.15, 0.2) is 0 Å². The molecule has 0 saturated carbocycles. The third kappa shape index (κ3) is 33.2. The van der Waals surface area contributed by atoms with E-state index in [0.717, 1.165) is 0 Å². The topological polar surface area (TPSA) is 248 Å². The molecule has 68 heavy (non-hydrogen) atoms. The first-order valence-electron chi connectivity index (χ1n) is 24.6. The van der Waals surface area contributed by atoms with Crippen molar-refractivity contribution in [1.82, 2.24) is 20.4 Å². The quantitative estimate of drug-likeness (QED) is 0.0446. The molecule has 0 rings (SSSR count). The second-order valence-corrected chi connectivity index (χ2v) is 20.0. The number of nitrogens with two attached hydrogens (primary N) is 1. The minimum atomic E-state index is -0.966. The molecule has 0 radical (unpaired) electrons. The van der Waals surface area contributed by atoms with Crippen molar-refractivity contribution in [1.29, 1.82) is 0 Å². The number of amides is 2. The molecule has 4 N–H and O–H groups in total. The van der Waals surface area contributed by atoms with E-state index in [-0.39, 0.29) is 146 Å². The maximum Gasteiger partial charge on any atom is 0.323 e. The van der Waals surface area contributed by atoms with Gasteiger partial charge >= 0.3 is 35.8 Å². The number of carbonyl (C=O) groups is 8. The van der Waals surface area contributed by atoms with Crippen molar-refractivity contribution in [2.75, 3.05) is 78.9 Å². The van der Waals surface area contributed by atoms with Crippen LogP contribution in [0.3, 0.4) is 0 Å². The molecule has 0 spiro atoms. The summed E-state index contributed by atoms with van der Waals surface area (Å²) in [5, 5.41) is 5.59. The third-order valence-electron chi connectivity index (χ3n) is 9.63. The Kier molecular flexibility index (Phi) is 34.3. The highest BCUT2D eigenvalue weighted by Gasteiger charge is 2.33. The Morgan fingerprint density at radius 3 is 1.01 bits per heavy atom. The summed E-state index contributed by atoms with van der Waals surface area (Å²) in [6.07, 6.45) is 2.28. The van der Waals surface area contributed by atoms with Gasteiger partial charge in [0.2, 0.25) is 11.8 Å². The second kappa shape index (κ2) is 36.6. The van der Waals surface area contributed by atoms with E-state index in [1.54, 1.807) is 0 Å². The Hall–Kier alpha value is -4.36. The van der Waals surface area contributed by atoms with Gasteiger partial charge in [-0.05, 0) is 80.5 Å². The average Bonchev–Trinajstić information content (AvgIpc) is 3.25. The van der Waals surface area contributed by atoms with Crippen LogP contribution in [-0.4, -0.2) is 154 Å². The molecule has 0 aromatic heterocycles. The van der Waals surface area contributed by atoms with Crippen LogP contribution in [0.2, 0.25) is 0 Å². The summed E-state index contributed by atoms with van der Waals surface area (Å²) in [7, 11) is 0. The van der Waals surface area contributed by atoms with Crippen LogP contribution in [0.1, 0.15) is 134 Å². The number of ether oxygens (including phenoxy) is 6. The van der Waals surface area contributed by atoms with Crippen LogP contribution in [0, 0.1) is 35.5 Å². The van der Waals surface area contributed by atoms with Gasteiger partial charge in [-0.2, -0.15) is 0 Å². The van der Waals surface area contributed by atoms with Crippen LogP contribution in [0.4, 0.5) is 0 Å². The first-order chi connectivity index (χ1) is 31.9. The fraction of sp³-hybridized carbons (Fsp3) is 0.837. The zero-order chi connectivity index (χ0) is 51.8. The average molecular weight is 972 g/mol. The Labute approximate surface area is 406 Å². The van der Waals surface area contributed by atoms with Gasteiger partial charge in [-0.1, -0.05) is 83.1 Å². The molecule has 0 bridgehead atoms. The molecule has 0 aromatic rings. The Balaban J connectivity index is 5.37. The summed E-state index contributed by atoms with van der Waals surface area (Å²) in [4.78, 5) is 106. The Morgan fingerprint density at radius 1 is 0.412 bits per heavy atom. The number of rotatable bonds is 38. The first-order valence-corrected chi connectivity index (χ1v) is 24.6. The number of hydrogen-bond donors (Lipinski definition) is 3. The summed E-state index contributed by atoms with van der Waals surface area (Å²) >= 11 is 0. The maximum absolute atomic E-state index is 13.4. The van der Waals surface area contributed by atoms with E-state index in [2.05, 4.69) is 10.6 Å². The number of carbonyl (C=O) groups excluding carboxylic acids is 8. The molecule has 19 heteroatoms. The lowest BCUT2D eigenvalue weighted by Crippen LogP contribution is -2.48. The van der Waals surface area contributed by atoms with E-state index >= 15 is 0 Å². The summed E-state index contributed by atoms with van der Waals surface area (Å²) in [5.41, 5.74) is 6.13. The molecular formula is C49H89N5O14. The van der Waals surface area contributed by atoms with Crippen LogP contribution in [0.15, 0.2) is 0 Å². The van der Waals surface area contributed by atoms with E-state index in [1.165, 1.54) is 9.80 Å². The normalized spacial score (nSPS) is 13.0. The highest BCUT2D eigenvalue weighted by atomic mass is 16.6.